The van der Waals surface area contributed by atoms with Gasteiger partial charge in [-0.2, -0.15) is 0 Å². The number of anilines is 2. The van der Waals surface area contributed by atoms with Crippen molar-refractivity contribution in [1.82, 2.24) is 0 Å². The predicted octanol–water partition coefficient (Wildman–Crippen LogP) is 3.19. The molecule has 1 aliphatic rings. The number of carbonyl (C=O) groups is 1. The second kappa shape index (κ2) is 6.05. The van der Waals surface area contributed by atoms with Crippen LogP contribution in [0.25, 0.3) is 0 Å². The molecule has 0 radical (unpaired) electrons. The minimum absolute atomic E-state index is 0.000741. The lowest BCUT2D eigenvalue weighted by Crippen LogP contribution is -2.51. The summed E-state index contributed by atoms with van der Waals surface area (Å²) in [7, 11) is 2.03. The van der Waals surface area contributed by atoms with Crippen molar-refractivity contribution < 1.29 is 9.90 Å². The van der Waals surface area contributed by atoms with E-state index in [2.05, 4.69) is 17.0 Å². The van der Waals surface area contributed by atoms with Crippen LogP contribution >= 0.6 is 0 Å². The van der Waals surface area contributed by atoms with Crippen LogP contribution in [0.4, 0.5) is 11.4 Å². The zero-order valence-electron chi connectivity index (χ0n) is 13.7. The van der Waals surface area contributed by atoms with Crippen molar-refractivity contribution in [3.8, 4) is 0 Å². The van der Waals surface area contributed by atoms with Crippen molar-refractivity contribution in [3.05, 3.63) is 60.2 Å². The average Bonchev–Trinajstić information content (AvgIpc) is 2.56. The van der Waals surface area contributed by atoms with Crippen molar-refractivity contribution in [3.63, 3.8) is 0 Å². The molecule has 23 heavy (non-hydrogen) atoms. The lowest BCUT2D eigenvalue weighted by molar-refractivity contribution is -0.119. The third kappa shape index (κ3) is 2.59. The highest BCUT2D eigenvalue weighted by molar-refractivity contribution is 5.93. The van der Waals surface area contributed by atoms with E-state index in [1.165, 1.54) is 11.8 Å². The van der Waals surface area contributed by atoms with Gasteiger partial charge in [0.15, 0.2) is 0 Å². The van der Waals surface area contributed by atoms with E-state index < -0.39 is 6.23 Å². The van der Waals surface area contributed by atoms with Crippen LogP contribution < -0.4 is 9.80 Å². The van der Waals surface area contributed by atoms with Gasteiger partial charge in [0.25, 0.3) is 0 Å². The van der Waals surface area contributed by atoms with Crippen molar-refractivity contribution >= 4 is 17.3 Å². The molecule has 3 rings (SSSR count). The van der Waals surface area contributed by atoms with Gasteiger partial charge in [0.1, 0.15) is 6.23 Å². The molecule has 2 aromatic rings. The first-order valence-electron chi connectivity index (χ1n) is 7.87. The van der Waals surface area contributed by atoms with Gasteiger partial charge in [0.05, 0.1) is 11.7 Å². The predicted molar refractivity (Wildman–Crippen MR) is 92.4 cm³/mol. The Hall–Kier alpha value is -2.33. The molecule has 120 valence electrons. The Kier molecular flexibility index (Phi) is 4.09. The van der Waals surface area contributed by atoms with Crippen molar-refractivity contribution in [1.29, 1.82) is 0 Å². The maximum Gasteiger partial charge on any atom is 0.225 e. The highest BCUT2D eigenvalue weighted by Gasteiger charge is 2.41. The van der Waals surface area contributed by atoms with Crippen molar-refractivity contribution in [2.75, 3.05) is 16.8 Å². The summed E-state index contributed by atoms with van der Waals surface area (Å²) in [6.07, 6.45) is -0.835. The number of nitrogens with zero attached hydrogens (tertiary/aromatic N) is 2. The fraction of sp³-hybridized carbons (Fsp3) is 0.316. The van der Waals surface area contributed by atoms with Crippen LogP contribution in [-0.4, -0.2) is 24.3 Å². The molecule has 0 bridgehead atoms. The van der Waals surface area contributed by atoms with Gasteiger partial charge < -0.3 is 10.0 Å². The zero-order chi connectivity index (χ0) is 16.6. The maximum absolute atomic E-state index is 12.0. The fourth-order valence-corrected chi connectivity index (χ4v) is 3.52. The number of fused-ring (bicyclic) bond motifs is 1. The number of benzene rings is 2. The molecular formula is C19H22N2O2. The second-order valence-electron chi connectivity index (χ2n) is 6.11. The minimum atomic E-state index is -0.835. The summed E-state index contributed by atoms with van der Waals surface area (Å²) in [5.41, 5.74) is 2.94. The van der Waals surface area contributed by atoms with Gasteiger partial charge in [-0.15, -0.1) is 0 Å². The maximum atomic E-state index is 12.0. The van der Waals surface area contributed by atoms with E-state index >= 15 is 0 Å². The summed E-state index contributed by atoms with van der Waals surface area (Å²) in [5.74, 6) is -0.253. The van der Waals surface area contributed by atoms with Crippen LogP contribution in [0.3, 0.4) is 0 Å². The van der Waals surface area contributed by atoms with Crippen LogP contribution in [0, 0.1) is 5.92 Å². The number of carbonyl (C=O) groups excluding carboxylic acids is 1. The van der Waals surface area contributed by atoms with E-state index in [-0.39, 0.29) is 17.9 Å². The third-order valence-electron chi connectivity index (χ3n) is 4.67. The molecule has 1 aliphatic heterocycles. The Balaban J connectivity index is 2.10. The van der Waals surface area contributed by atoms with E-state index in [9.17, 15) is 9.90 Å². The van der Waals surface area contributed by atoms with Gasteiger partial charge in [-0.3, -0.25) is 9.69 Å². The molecule has 1 amide bonds. The molecule has 0 aromatic heterocycles. The Morgan fingerprint density at radius 1 is 1.09 bits per heavy atom. The molecule has 0 spiro atoms. The monoisotopic (exact) mass is 310 g/mol. The largest absolute Gasteiger partial charge is 0.373 e. The van der Waals surface area contributed by atoms with Gasteiger partial charge in [0.2, 0.25) is 5.91 Å². The number of aliphatic hydroxyl groups is 1. The van der Waals surface area contributed by atoms with Gasteiger partial charge in [-0.25, -0.2) is 0 Å². The highest BCUT2D eigenvalue weighted by Crippen LogP contribution is 2.43. The summed E-state index contributed by atoms with van der Waals surface area (Å²) in [4.78, 5) is 15.7. The molecule has 0 saturated carbocycles. The summed E-state index contributed by atoms with van der Waals surface area (Å²) >= 11 is 0. The minimum Gasteiger partial charge on any atom is -0.373 e. The number of para-hydroxylation sites is 2. The first kappa shape index (κ1) is 15.6. The smallest absolute Gasteiger partial charge is 0.225 e. The molecule has 0 aliphatic carbocycles. The highest BCUT2D eigenvalue weighted by atomic mass is 16.3. The summed E-state index contributed by atoms with van der Waals surface area (Å²) in [6.45, 7) is 3.48. The molecule has 3 atom stereocenters. The number of rotatable bonds is 2. The number of hydrogen-bond acceptors (Lipinski definition) is 3. The molecule has 2 aromatic carbocycles. The van der Waals surface area contributed by atoms with Gasteiger partial charge in [0, 0.05) is 25.6 Å². The average molecular weight is 310 g/mol. The Bertz CT molecular complexity index is 702. The second-order valence-corrected chi connectivity index (χ2v) is 6.11. The number of amides is 1. The van der Waals surface area contributed by atoms with Crippen LogP contribution in [0.1, 0.15) is 25.5 Å². The summed E-state index contributed by atoms with van der Waals surface area (Å²) < 4.78 is 0. The van der Waals surface area contributed by atoms with E-state index in [0.29, 0.717) is 0 Å². The third-order valence-corrected chi connectivity index (χ3v) is 4.67. The molecule has 4 heteroatoms. The topological polar surface area (TPSA) is 43.8 Å². The number of hydrogen-bond donors (Lipinski definition) is 1. The molecule has 1 N–H and O–H groups in total. The number of aliphatic hydroxyl groups excluding tert-OH is 1. The molecule has 1 unspecified atom stereocenters. The van der Waals surface area contributed by atoms with E-state index in [0.717, 1.165) is 16.9 Å². The van der Waals surface area contributed by atoms with Crippen LogP contribution in [0.15, 0.2) is 54.6 Å². The van der Waals surface area contributed by atoms with Crippen molar-refractivity contribution in [2.45, 2.75) is 26.1 Å². The van der Waals surface area contributed by atoms with E-state index in [1.54, 1.807) is 0 Å². The Morgan fingerprint density at radius 2 is 1.70 bits per heavy atom. The van der Waals surface area contributed by atoms with Gasteiger partial charge >= 0.3 is 0 Å². The normalized spacial score (nSPS) is 23.3. The molecule has 0 fully saturated rings. The van der Waals surface area contributed by atoms with Gasteiger partial charge in [-0.1, -0.05) is 43.3 Å². The molecule has 4 nitrogen and oxygen atoms in total. The zero-order valence-corrected chi connectivity index (χ0v) is 13.7. The summed E-state index contributed by atoms with van der Waals surface area (Å²) in [6, 6.07) is 17.9. The quantitative estimate of drug-likeness (QED) is 0.926. The first-order chi connectivity index (χ1) is 11.0. The lowest BCUT2D eigenvalue weighted by atomic mass is 9.85. The molecule has 1 heterocycles. The van der Waals surface area contributed by atoms with Gasteiger partial charge in [-0.05, 0) is 23.8 Å². The SMILES string of the molecule is CC(=O)N1c2ccccc2C(N(C)c2ccccc2)[C@@H](C)[C@@H]1O. The van der Waals surface area contributed by atoms with Crippen molar-refractivity contribution in [2.24, 2.45) is 5.92 Å². The van der Waals surface area contributed by atoms with Crippen LogP contribution in [0.5, 0.6) is 0 Å². The lowest BCUT2D eigenvalue weighted by Gasteiger charge is -2.46. The van der Waals surface area contributed by atoms with Crippen LogP contribution in [-0.2, 0) is 4.79 Å². The first-order valence-corrected chi connectivity index (χ1v) is 7.87. The summed E-state index contributed by atoms with van der Waals surface area (Å²) in [5, 5.41) is 10.7. The molecule has 0 saturated heterocycles. The standard InChI is InChI=1S/C19H22N2O2/c1-13-18(20(3)15-9-5-4-6-10-15)16-11-7-8-12-17(16)21(14(2)22)19(13)23/h4-13,18-19,23H,1-3H3/t13-,18?,19+/m1/s1. The molecular weight excluding hydrogens is 288 g/mol. The van der Waals surface area contributed by atoms with E-state index in [1.807, 2.05) is 56.4 Å². The Morgan fingerprint density at radius 3 is 2.35 bits per heavy atom. The fourth-order valence-electron chi connectivity index (χ4n) is 3.52. The van der Waals surface area contributed by atoms with E-state index in [4.69, 9.17) is 0 Å². The van der Waals surface area contributed by atoms with Crippen LogP contribution in [0.2, 0.25) is 0 Å². The Labute approximate surface area is 137 Å².